The Labute approximate surface area is 127 Å². The highest BCUT2D eigenvalue weighted by atomic mass is 16.5. The Balaban J connectivity index is 3.05. The highest BCUT2D eigenvalue weighted by Gasteiger charge is 2.34. The lowest BCUT2D eigenvalue weighted by Crippen LogP contribution is -2.45. The molecule has 4 nitrogen and oxygen atoms in total. The fourth-order valence-corrected chi connectivity index (χ4v) is 2.74. The fraction of sp³-hybridized carbons (Fsp3) is 0.588. The van der Waals surface area contributed by atoms with Crippen molar-refractivity contribution in [2.75, 3.05) is 19.7 Å². The third kappa shape index (κ3) is 4.46. The molecule has 0 aliphatic heterocycles. The molecule has 1 N–H and O–H groups in total. The van der Waals surface area contributed by atoms with Gasteiger partial charge in [-0.2, -0.15) is 0 Å². The van der Waals surface area contributed by atoms with E-state index in [-0.39, 0.29) is 6.42 Å². The lowest BCUT2D eigenvalue weighted by Gasteiger charge is -2.40. The predicted octanol–water partition coefficient (Wildman–Crippen LogP) is 3.51. The van der Waals surface area contributed by atoms with Crippen LogP contribution < -0.4 is 4.74 Å². The van der Waals surface area contributed by atoms with Gasteiger partial charge >= 0.3 is 5.97 Å². The fourth-order valence-electron chi connectivity index (χ4n) is 2.74. The average molecular weight is 293 g/mol. The third-order valence-electron chi connectivity index (χ3n) is 3.91. The molecule has 118 valence electrons. The van der Waals surface area contributed by atoms with E-state index >= 15 is 0 Å². The molecule has 0 saturated carbocycles. The van der Waals surface area contributed by atoms with Crippen molar-refractivity contribution in [3.8, 4) is 5.75 Å². The van der Waals surface area contributed by atoms with Gasteiger partial charge in [-0.25, -0.2) is 0 Å². The molecule has 1 unspecified atom stereocenters. The van der Waals surface area contributed by atoms with Gasteiger partial charge in [0.1, 0.15) is 5.75 Å². The molecule has 1 rings (SSSR count). The molecule has 0 heterocycles. The summed E-state index contributed by atoms with van der Waals surface area (Å²) >= 11 is 0. The van der Waals surface area contributed by atoms with Gasteiger partial charge in [0.2, 0.25) is 0 Å². The third-order valence-corrected chi connectivity index (χ3v) is 3.91. The van der Waals surface area contributed by atoms with Crippen LogP contribution in [0.25, 0.3) is 0 Å². The Bertz CT molecular complexity index is 440. The van der Waals surface area contributed by atoms with E-state index in [4.69, 9.17) is 4.74 Å². The number of benzene rings is 1. The number of hydrogen-bond donors (Lipinski definition) is 1. The summed E-state index contributed by atoms with van der Waals surface area (Å²) in [5, 5.41) is 9.27. The zero-order valence-corrected chi connectivity index (χ0v) is 13.6. The van der Waals surface area contributed by atoms with Crippen LogP contribution in [-0.4, -0.2) is 35.7 Å². The quantitative estimate of drug-likeness (QED) is 0.757. The van der Waals surface area contributed by atoms with Crippen molar-refractivity contribution in [3.05, 3.63) is 29.8 Å². The Kier molecular flexibility index (Phi) is 6.69. The summed E-state index contributed by atoms with van der Waals surface area (Å²) in [5.74, 6) is 0.0496. The van der Waals surface area contributed by atoms with Gasteiger partial charge < -0.3 is 9.84 Å². The van der Waals surface area contributed by atoms with Crippen molar-refractivity contribution in [2.24, 2.45) is 0 Å². The number of hydrogen-bond acceptors (Lipinski definition) is 3. The molecular formula is C17H27NO3. The zero-order valence-electron chi connectivity index (χ0n) is 13.6. The van der Waals surface area contributed by atoms with Crippen LogP contribution in [-0.2, 0) is 10.3 Å². The van der Waals surface area contributed by atoms with Crippen LogP contribution in [0.2, 0.25) is 0 Å². The van der Waals surface area contributed by atoms with E-state index in [1.807, 2.05) is 31.2 Å². The number of rotatable bonds is 9. The van der Waals surface area contributed by atoms with Crippen molar-refractivity contribution in [3.63, 3.8) is 0 Å². The predicted molar refractivity (Wildman–Crippen MR) is 84.8 cm³/mol. The maximum Gasteiger partial charge on any atom is 0.305 e. The van der Waals surface area contributed by atoms with Gasteiger partial charge in [-0.15, -0.1) is 0 Å². The van der Waals surface area contributed by atoms with Crippen LogP contribution in [0.5, 0.6) is 5.75 Å². The monoisotopic (exact) mass is 293 g/mol. The van der Waals surface area contributed by atoms with Crippen LogP contribution in [0.15, 0.2) is 24.3 Å². The largest absolute Gasteiger partial charge is 0.494 e. The summed E-state index contributed by atoms with van der Waals surface area (Å²) in [5.41, 5.74) is 0.510. The van der Waals surface area contributed by atoms with Gasteiger partial charge in [-0.3, -0.25) is 9.69 Å². The normalized spacial score (nSPS) is 14.0. The molecule has 0 amide bonds. The zero-order chi connectivity index (χ0) is 15.9. The van der Waals surface area contributed by atoms with Gasteiger partial charge in [0.25, 0.3) is 0 Å². The number of carboxylic acid groups (broad SMARTS) is 1. The Morgan fingerprint density at radius 2 is 1.76 bits per heavy atom. The van der Waals surface area contributed by atoms with Crippen molar-refractivity contribution in [1.29, 1.82) is 0 Å². The molecule has 0 bridgehead atoms. The first-order chi connectivity index (χ1) is 9.97. The number of carboxylic acids is 1. The Morgan fingerprint density at radius 1 is 1.19 bits per heavy atom. The Morgan fingerprint density at radius 3 is 2.19 bits per heavy atom. The maximum absolute atomic E-state index is 11.3. The molecule has 0 spiro atoms. The second kappa shape index (κ2) is 8.03. The molecule has 1 atom stereocenters. The topological polar surface area (TPSA) is 49.8 Å². The molecule has 0 fully saturated rings. The smallest absolute Gasteiger partial charge is 0.305 e. The van der Waals surface area contributed by atoms with E-state index in [0.717, 1.165) is 30.8 Å². The molecule has 4 heteroatoms. The van der Waals surface area contributed by atoms with E-state index in [0.29, 0.717) is 6.61 Å². The first-order valence-corrected chi connectivity index (χ1v) is 7.68. The summed E-state index contributed by atoms with van der Waals surface area (Å²) in [7, 11) is 0. The maximum atomic E-state index is 11.3. The number of nitrogens with zero attached hydrogens (tertiary/aromatic N) is 1. The van der Waals surface area contributed by atoms with Crippen LogP contribution in [0.1, 0.15) is 46.1 Å². The Hall–Kier alpha value is -1.55. The average Bonchev–Trinajstić information content (AvgIpc) is 2.46. The summed E-state index contributed by atoms with van der Waals surface area (Å²) in [4.78, 5) is 13.5. The summed E-state index contributed by atoms with van der Waals surface area (Å²) in [6.45, 7) is 10.5. The summed E-state index contributed by atoms with van der Waals surface area (Å²) in [6.07, 6.45) is 1.06. The van der Waals surface area contributed by atoms with Crippen LogP contribution in [0, 0.1) is 0 Å². The lowest BCUT2D eigenvalue weighted by molar-refractivity contribution is -0.140. The van der Waals surface area contributed by atoms with Crippen molar-refractivity contribution in [2.45, 2.75) is 46.1 Å². The van der Waals surface area contributed by atoms with E-state index in [1.165, 1.54) is 0 Å². The molecule has 0 aromatic heterocycles. The second-order valence-corrected chi connectivity index (χ2v) is 5.39. The van der Waals surface area contributed by atoms with E-state index in [2.05, 4.69) is 25.7 Å². The summed E-state index contributed by atoms with van der Waals surface area (Å²) in [6, 6.07) is 7.81. The van der Waals surface area contributed by atoms with Crippen molar-refractivity contribution >= 4 is 5.97 Å². The highest BCUT2D eigenvalue weighted by molar-refractivity contribution is 5.69. The van der Waals surface area contributed by atoms with Gasteiger partial charge in [0.05, 0.1) is 18.6 Å². The second-order valence-electron chi connectivity index (χ2n) is 5.39. The number of aliphatic carboxylic acids is 1. The minimum Gasteiger partial charge on any atom is -0.494 e. The number of ether oxygens (including phenoxy) is 1. The van der Waals surface area contributed by atoms with Crippen molar-refractivity contribution in [1.82, 2.24) is 4.90 Å². The summed E-state index contributed by atoms with van der Waals surface area (Å²) < 4.78 is 5.59. The number of carbonyl (C=O) groups is 1. The van der Waals surface area contributed by atoms with E-state index in [1.54, 1.807) is 0 Å². The van der Waals surface area contributed by atoms with Gasteiger partial charge in [-0.05, 0) is 44.1 Å². The molecular weight excluding hydrogens is 266 g/mol. The van der Waals surface area contributed by atoms with E-state index < -0.39 is 11.5 Å². The van der Waals surface area contributed by atoms with Crippen LogP contribution in [0.3, 0.4) is 0 Å². The van der Waals surface area contributed by atoms with Gasteiger partial charge in [0, 0.05) is 0 Å². The first-order valence-electron chi connectivity index (χ1n) is 7.68. The molecule has 0 aliphatic rings. The van der Waals surface area contributed by atoms with Gasteiger partial charge in [0.15, 0.2) is 0 Å². The first kappa shape index (κ1) is 17.5. The molecule has 0 saturated heterocycles. The van der Waals surface area contributed by atoms with Crippen molar-refractivity contribution < 1.29 is 14.6 Å². The van der Waals surface area contributed by atoms with Crippen LogP contribution >= 0.6 is 0 Å². The van der Waals surface area contributed by atoms with E-state index in [9.17, 15) is 9.90 Å². The molecule has 0 aliphatic carbocycles. The molecule has 21 heavy (non-hydrogen) atoms. The highest BCUT2D eigenvalue weighted by Crippen LogP contribution is 2.32. The van der Waals surface area contributed by atoms with Gasteiger partial charge in [-0.1, -0.05) is 32.9 Å². The molecule has 1 aromatic carbocycles. The molecule has 0 radical (unpaired) electrons. The standard InChI is InChI=1S/C17H27NO3/c1-5-12-21-15-10-8-14(9-11-15)17(4,13-16(19)20)18(6-2)7-3/h8-11H,5-7,12-13H2,1-4H3,(H,19,20). The minimum atomic E-state index is -0.782. The SMILES string of the molecule is CCCOc1ccc(C(C)(CC(=O)O)N(CC)CC)cc1. The minimum absolute atomic E-state index is 0.0871. The molecule has 1 aromatic rings. The van der Waals surface area contributed by atoms with Crippen LogP contribution in [0.4, 0.5) is 0 Å². The lowest BCUT2D eigenvalue weighted by atomic mass is 9.86.